The lowest BCUT2D eigenvalue weighted by Gasteiger charge is -2.20. The van der Waals surface area contributed by atoms with Gasteiger partial charge in [-0.05, 0) is 56.3 Å². The van der Waals surface area contributed by atoms with E-state index in [0.717, 1.165) is 23.8 Å². The van der Waals surface area contributed by atoms with E-state index in [1.165, 1.54) is 31.3 Å². The number of aliphatic hydroxyl groups is 1. The van der Waals surface area contributed by atoms with Crippen molar-refractivity contribution in [3.63, 3.8) is 0 Å². The first-order valence-electron chi connectivity index (χ1n) is 6.54. The van der Waals surface area contributed by atoms with E-state index >= 15 is 0 Å². The summed E-state index contributed by atoms with van der Waals surface area (Å²) in [5.74, 6) is 1.67. The summed E-state index contributed by atoms with van der Waals surface area (Å²) in [6.45, 7) is 8.79. The van der Waals surface area contributed by atoms with E-state index in [2.05, 4.69) is 19.6 Å². The Morgan fingerprint density at radius 3 is 2.94 bits per heavy atom. The van der Waals surface area contributed by atoms with Crippen LogP contribution in [0.3, 0.4) is 0 Å². The molecule has 0 aliphatic heterocycles. The average Bonchev–Trinajstić information content (AvgIpc) is 2.94. The first kappa shape index (κ1) is 11.9. The molecule has 0 heterocycles. The topological polar surface area (TPSA) is 20.2 Å². The third-order valence-electron chi connectivity index (χ3n) is 4.85. The monoisotopic (exact) mass is 220 g/mol. The number of hydrogen-bond donors (Lipinski definition) is 1. The van der Waals surface area contributed by atoms with Crippen LogP contribution in [0.25, 0.3) is 0 Å². The maximum absolute atomic E-state index is 8.93. The van der Waals surface area contributed by atoms with Gasteiger partial charge in [0.05, 0.1) is 6.61 Å². The van der Waals surface area contributed by atoms with Gasteiger partial charge >= 0.3 is 0 Å². The van der Waals surface area contributed by atoms with E-state index in [1.807, 2.05) is 6.92 Å². The summed E-state index contributed by atoms with van der Waals surface area (Å²) < 4.78 is 0. The van der Waals surface area contributed by atoms with Gasteiger partial charge in [-0.3, -0.25) is 0 Å². The Morgan fingerprint density at radius 1 is 1.69 bits per heavy atom. The van der Waals surface area contributed by atoms with Crippen molar-refractivity contribution in [3.05, 3.63) is 23.8 Å². The second-order valence-electron chi connectivity index (χ2n) is 5.84. The maximum Gasteiger partial charge on any atom is 0.0639 e. The number of fused-ring (bicyclic) bond motifs is 1. The van der Waals surface area contributed by atoms with Gasteiger partial charge in [0.15, 0.2) is 0 Å². The number of rotatable bonds is 5. The van der Waals surface area contributed by atoms with Crippen molar-refractivity contribution < 1.29 is 5.11 Å². The van der Waals surface area contributed by atoms with Crippen LogP contribution in [0.15, 0.2) is 23.8 Å². The molecule has 0 amide bonds. The standard InChI is InChI=1S/C15H24O/c1-11(10-16)5-4-6-13(3)15-8-7-12(2)14(15)9-15/h5,13-14,16H,2,4,6-10H2,1,3H3/b11-5-/t13-,14?,15?/m1/s1. The molecule has 0 radical (unpaired) electrons. The molecule has 2 rings (SSSR count). The van der Waals surface area contributed by atoms with Crippen molar-refractivity contribution >= 4 is 0 Å². The van der Waals surface area contributed by atoms with Crippen LogP contribution in [0.2, 0.25) is 0 Å². The Balaban J connectivity index is 1.82. The first-order chi connectivity index (χ1) is 7.60. The quantitative estimate of drug-likeness (QED) is 0.700. The highest BCUT2D eigenvalue weighted by Crippen LogP contribution is 2.69. The second-order valence-corrected chi connectivity index (χ2v) is 5.84. The van der Waals surface area contributed by atoms with Crippen molar-refractivity contribution in [2.75, 3.05) is 6.61 Å². The highest BCUT2D eigenvalue weighted by atomic mass is 16.3. The Kier molecular flexibility index (Phi) is 3.25. The second kappa shape index (κ2) is 4.37. The van der Waals surface area contributed by atoms with Gasteiger partial charge in [-0.1, -0.05) is 30.7 Å². The van der Waals surface area contributed by atoms with Crippen LogP contribution in [0.5, 0.6) is 0 Å². The highest BCUT2D eigenvalue weighted by Gasteiger charge is 2.60. The van der Waals surface area contributed by atoms with Gasteiger partial charge in [0.2, 0.25) is 0 Å². The van der Waals surface area contributed by atoms with Gasteiger partial charge in [0, 0.05) is 0 Å². The number of allylic oxidation sites excluding steroid dienone is 2. The number of aliphatic hydroxyl groups excluding tert-OH is 1. The third kappa shape index (κ3) is 1.98. The lowest BCUT2D eigenvalue weighted by molar-refractivity contribution is 0.300. The molecule has 2 fully saturated rings. The van der Waals surface area contributed by atoms with Crippen LogP contribution in [0, 0.1) is 17.3 Å². The molecule has 1 nitrogen and oxygen atoms in total. The Labute approximate surface area is 99.3 Å². The van der Waals surface area contributed by atoms with Crippen molar-refractivity contribution in [2.24, 2.45) is 17.3 Å². The van der Waals surface area contributed by atoms with E-state index < -0.39 is 0 Å². The van der Waals surface area contributed by atoms with Gasteiger partial charge in [0.1, 0.15) is 0 Å². The molecule has 2 unspecified atom stereocenters. The van der Waals surface area contributed by atoms with E-state index in [4.69, 9.17) is 5.11 Å². The minimum Gasteiger partial charge on any atom is -0.392 e. The number of hydrogen-bond acceptors (Lipinski definition) is 1. The lowest BCUT2D eigenvalue weighted by Crippen LogP contribution is -2.11. The van der Waals surface area contributed by atoms with Crippen molar-refractivity contribution in [2.45, 2.75) is 46.0 Å². The molecule has 2 saturated carbocycles. The van der Waals surface area contributed by atoms with Gasteiger partial charge in [-0.15, -0.1) is 0 Å². The molecule has 1 N–H and O–H groups in total. The van der Waals surface area contributed by atoms with Crippen LogP contribution < -0.4 is 0 Å². The van der Waals surface area contributed by atoms with Gasteiger partial charge < -0.3 is 5.11 Å². The first-order valence-corrected chi connectivity index (χ1v) is 6.54. The predicted octanol–water partition coefficient (Wildman–Crippen LogP) is 3.70. The summed E-state index contributed by atoms with van der Waals surface area (Å²) in [5, 5.41) is 8.93. The molecule has 0 aromatic rings. The normalized spacial score (nSPS) is 35.1. The fourth-order valence-electron chi connectivity index (χ4n) is 3.44. The molecule has 1 heteroatoms. The summed E-state index contributed by atoms with van der Waals surface area (Å²) in [7, 11) is 0. The van der Waals surface area contributed by atoms with Crippen LogP contribution in [0.4, 0.5) is 0 Å². The van der Waals surface area contributed by atoms with E-state index in [9.17, 15) is 0 Å². The van der Waals surface area contributed by atoms with Crippen LogP contribution >= 0.6 is 0 Å². The molecular formula is C15H24O. The zero-order valence-corrected chi connectivity index (χ0v) is 10.6. The minimum atomic E-state index is 0.207. The SMILES string of the molecule is C=C1CCC2([C@H](C)CC/C=C(/C)CO)CC12. The molecule has 0 aromatic heterocycles. The van der Waals surface area contributed by atoms with Crippen LogP contribution in [0.1, 0.15) is 46.0 Å². The summed E-state index contributed by atoms with van der Waals surface area (Å²) >= 11 is 0. The van der Waals surface area contributed by atoms with E-state index in [0.29, 0.717) is 5.41 Å². The maximum atomic E-state index is 8.93. The fourth-order valence-corrected chi connectivity index (χ4v) is 3.44. The summed E-state index contributed by atoms with van der Waals surface area (Å²) in [6, 6.07) is 0. The predicted molar refractivity (Wildman–Crippen MR) is 68.2 cm³/mol. The van der Waals surface area contributed by atoms with Crippen LogP contribution in [-0.2, 0) is 0 Å². The largest absolute Gasteiger partial charge is 0.392 e. The smallest absolute Gasteiger partial charge is 0.0639 e. The molecular weight excluding hydrogens is 196 g/mol. The Hall–Kier alpha value is -0.560. The van der Waals surface area contributed by atoms with Gasteiger partial charge in [-0.2, -0.15) is 0 Å². The molecule has 0 aromatic carbocycles. The van der Waals surface area contributed by atoms with Crippen LogP contribution in [-0.4, -0.2) is 11.7 Å². The highest BCUT2D eigenvalue weighted by molar-refractivity contribution is 5.26. The molecule has 2 aliphatic rings. The Morgan fingerprint density at radius 2 is 2.44 bits per heavy atom. The van der Waals surface area contributed by atoms with Gasteiger partial charge in [0.25, 0.3) is 0 Å². The fraction of sp³-hybridized carbons (Fsp3) is 0.733. The lowest BCUT2D eigenvalue weighted by atomic mass is 9.85. The molecule has 16 heavy (non-hydrogen) atoms. The molecule has 90 valence electrons. The molecule has 2 aliphatic carbocycles. The van der Waals surface area contributed by atoms with E-state index in [1.54, 1.807) is 0 Å². The minimum absolute atomic E-state index is 0.207. The van der Waals surface area contributed by atoms with E-state index in [-0.39, 0.29) is 6.61 Å². The zero-order valence-electron chi connectivity index (χ0n) is 10.6. The Bertz CT molecular complexity index is 315. The third-order valence-corrected chi connectivity index (χ3v) is 4.85. The summed E-state index contributed by atoms with van der Waals surface area (Å²) in [4.78, 5) is 0. The summed E-state index contributed by atoms with van der Waals surface area (Å²) in [5.41, 5.74) is 3.25. The molecule has 0 spiro atoms. The zero-order chi connectivity index (χ0) is 11.8. The van der Waals surface area contributed by atoms with Crippen molar-refractivity contribution in [1.82, 2.24) is 0 Å². The molecule has 0 saturated heterocycles. The average molecular weight is 220 g/mol. The van der Waals surface area contributed by atoms with Crippen molar-refractivity contribution in [3.8, 4) is 0 Å². The summed E-state index contributed by atoms with van der Waals surface area (Å²) in [6.07, 6.45) is 8.61. The van der Waals surface area contributed by atoms with Crippen molar-refractivity contribution in [1.29, 1.82) is 0 Å². The van der Waals surface area contributed by atoms with Gasteiger partial charge in [-0.25, -0.2) is 0 Å². The molecule has 3 atom stereocenters. The molecule has 0 bridgehead atoms.